The molecule has 2 amide bonds. The largest absolute Gasteiger partial charge is 0.349 e. The van der Waals surface area contributed by atoms with Crippen LogP contribution in [0.2, 0.25) is 0 Å². The Kier molecular flexibility index (Phi) is 4.46. The van der Waals surface area contributed by atoms with E-state index < -0.39 is 0 Å². The van der Waals surface area contributed by atoms with Gasteiger partial charge in [-0.2, -0.15) is 0 Å². The molecule has 2 aliphatic heterocycles. The van der Waals surface area contributed by atoms with Crippen molar-refractivity contribution in [3.05, 3.63) is 35.9 Å². The van der Waals surface area contributed by atoms with Crippen molar-refractivity contribution in [1.29, 1.82) is 0 Å². The lowest BCUT2D eigenvalue weighted by Crippen LogP contribution is -2.45. The van der Waals surface area contributed by atoms with E-state index in [0.29, 0.717) is 18.5 Å². The molecular formula is C18H24N2O2. The van der Waals surface area contributed by atoms with Gasteiger partial charge >= 0.3 is 0 Å². The fraction of sp³-hybridized carbons (Fsp3) is 0.556. The molecule has 2 bridgehead atoms. The molecule has 0 spiro atoms. The summed E-state index contributed by atoms with van der Waals surface area (Å²) in [5.74, 6) is 0.0954. The van der Waals surface area contributed by atoms with Crippen molar-refractivity contribution in [2.75, 3.05) is 0 Å². The van der Waals surface area contributed by atoms with Gasteiger partial charge in [-0.05, 0) is 37.7 Å². The molecular weight excluding hydrogens is 276 g/mol. The molecule has 22 heavy (non-hydrogen) atoms. The zero-order valence-corrected chi connectivity index (χ0v) is 13.1. The highest BCUT2D eigenvalue weighted by atomic mass is 16.2. The van der Waals surface area contributed by atoms with Crippen LogP contribution in [0.25, 0.3) is 0 Å². The molecule has 0 saturated carbocycles. The Bertz CT molecular complexity index is 527. The fourth-order valence-corrected chi connectivity index (χ4v) is 3.99. The van der Waals surface area contributed by atoms with Crippen molar-refractivity contribution in [3.63, 3.8) is 0 Å². The van der Waals surface area contributed by atoms with Gasteiger partial charge in [-0.3, -0.25) is 9.59 Å². The number of carbonyl (C=O) groups excluding carboxylic acids is 2. The summed E-state index contributed by atoms with van der Waals surface area (Å²) in [4.78, 5) is 26.4. The van der Waals surface area contributed by atoms with Crippen LogP contribution in [0.5, 0.6) is 0 Å². The third-order valence-corrected chi connectivity index (χ3v) is 4.94. The summed E-state index contributed by atoms with van der Waals surface area (Å²) in [5, 5.41) is 2.93. The van der Waals surface area contributed by atoms with Crippen LogP contribution in [0.4, 0.5) is 0 Å². The average Bonchev–Trinajstić information content (AvgIpc) is 2.76. The molecule has 2 saturated heterocycles. The lowest BCUT2D eigenvalue weighted by atomic mass is 9.99. The SMILES string of the molecule is CC(=O)NC(CC(=O)N1C2CCCC1CC2)c1ccccc1. The molecule has 4 heteroatoms. The van der Waals surface area contributed by atoms with Gasteiger partial charge in [0.1, 0.15) is 0 Å². The van der Waals surface area contributed by atoms with E-state index in [0.717, 1.165) is 31.2 Å². The second-order valence-electron chi connectivity index (χ2n) is 6.48. The molecule has 4 nitrogen and oxygen atoms in total. The second-order valence-corrected chi connectivity index (χ2v) is 6.48. The van der Waals surface area contributed by atoms with E-state index in [1.54, 1.807) is 0 Å². The maximum atomic E-state index is 12.8. The second kappa shape index (κ2) is 6.51. The summed E-state index contributed by atoms with van der Waals surface area (Å²) in [7, 11) is 0. The van der Waals surface area contributed by atoms with E-state index in [4.69, 9.17) is 0 Å². The van der Waals surface area contributed by atoms with Crippen molar-refractivity contribution in [2.45, 2.75) is 63.6 Å². The minimum Gasteiger partial charge on any atom is -0.349 e. The molecule has 0 aliphatic carbocycles. The Morgan fingerprint density at radius 1 is 1.14 bits per heavy atom. The Hall–Kier alpha value is -1.84. The van der Waals surface area contributed by atoms with Crippen molar-refractivity contribution in [1.82, 2.24) is 10.2 Å². The van der Waals surface area contributed by atoms with Crippen LogP contribution >= 0.6 is 0 Å². The van der Waals surface area contributed by atoms with Crippen molar-refractivity contribution < 1.29 is 9.59 Å². The van der Waals surface area contributed by atoms with Crippen molar-refractivity contribution >= 4 is 11.8 Å². The predicted molar refractivity (Wildman–Crippen MR) is 85.1 cm³/mol. The molecule has 2 fully saturated rings. The Morgan fingerprint density at radius 2 is 1.77 bits per heavy atom. The van der Waals surface area contributed by atoms with Crippen LogP contribution in [0.1, 0.15) is 57.1 Å². The zero-order chi connectivity index (χ0) is 15.5. The van der Waals surface area contributed by atoms with E-state index in [2.05, 4.69) is 10.2 Å². The maximum absolute atomic E-state index is 12.8. The fourth-order valence-electron chi connectivity index (χ4n) is 3.99. The minimum atomic E-state index is -0.229. The van der Waals surface area contributed by atoms with E-state index in [9.17, 15) is 9.59 Å². The normalized spacial score (nSPS) is 24.9. The summed E-state index contributed by atoms with van der Waals surface area (Å²) < 4.78 is 0. The van der Waals surface area contributed by atoms with Gasteiger partial charge in [-0.15, -0.1) is 0 Å². The van der Waals surface area contributed by atoms with Crippen LogP contribution in [-0.4, -0.2) is 28.8 Å². The molecule has 2 heterocycles. The molecule has 3 unspecified atom stereocenters. The Labute approximate surface area is 131 Å². The predicted octanol–water partition coefficient (Wildman–Crippen LogP) is 2.80. The first-order valence-corrected chi connectivity index (χ1v) is 8.28. The number of hydrogen-bond acceptors (Lipinski definition) is 2. The number of carbonyl (C=O) groups is 2. The minimum absolute atomic E-state index is 0.0942. The number of piperidine rings is 1. The smallest absolute Gasteiger partial charge is 0.225 e. The van der Waals surface area contributed by atoms with Crippen LogP contribution < -0.4 is 5.32 Å². The first-order valence-electron chi connectivity index (χ1n) is 8.28. The summed E-state index contributed by atoms with van der Waals surface area (Å²) >= 11 is 0. The monoisotopic (exact) mass is 300 g/mol. The van der Waals surface area contributed by atoms with Gasteiger partial charge in [0, 0.05) is 19.0 Å². The summed E-state index contributed by atoms with van der Waals surface area (Å²) in [6.07, 6.45) is 6.17. The lowest BCUT2D eigenvalue weighted by molar-refractivity contribution is -0.136. The molecule has 118 valence electrons. The van der Waals surface area contributed by atoms with Crippen LogP contribution in [0.15, 0.2) is 30.3 Å². The number of rotatable bonds is 4. The highest BCUT2D eigenvalue weighted by molar-refractivity contribution is 5.80. The number of nitrogens with one attached hydrogen (secondary N) is 1. The van der Waals surface area contributed by atoms with Gasteiger partial charge in [-0.1, -0.05) is 30.3 Å². The summed E-state index contributed by atoms with van der Waals surface area (Å²) in [6.45, 7) is 1.50. The quantitative estimate of drug-likeness (QED) is 0.929. The van der Waals surface area contributed by atoms with Gasteiger partial charge in [-0.25, -0.2) is 0 Å². The van der Waals surface area contributed by atoms with Gasteiger partial charge in [0.2, 0.25) is 11.8 Å². The highest BCUT2D eigenvalue weighted by Gasteiger charge is 2.39. The molecule has 0 aromatic heterocycles. The van der Waals surface area contributed by atoms with Gasteiger partial charge in [0.25, 0.3) is 0 Å². The number of nitrogens with zero attached hydrogens (tertiary/aromatic N) is 1. The molecule has 1 aromatic carbocycles. The third-order valence-electron chi connectivity index (χ3n) is 4.94. The third kappa shape index (κ3) is 3.16. The van der Waals surface area contributed by atoms with Crippen molar-refractivity contribution in [2.24, 2.45) is 0 Å². The maximum Gasteiger partial charge on any atom is 0.225 e. The number of benzene rings is 1. The van der Waals surface area contributed by atoms with Crippen molar-refractivity contribution in [3.8, 4) is 0 Å². The number of amides is 2. The standard InChI is InChI=1S/C18H24N2O2/c1-13(21)19-17(14-6-3-2-4-7-14)12-18(22)20-15-8-5-9-16(20)11-10-15/h2-4,6-7,15-17H,5,8-12H2,1H3,(H,19,21). The van der Waals surface area contributed by atoms with E-state index in [-0.39, 0.29) is 17.9 Å². The first-order chi connectivity index (χ1) is 10.6. The van der Waals surface area contributed by atoms with Gasteiger partial charge in [0.15, 0.2) is 0 Å². The summed E-state index contributed by atoms with van der Waals surface area (Å²) in [5.41, 5.74) is 0.996. The summed E-state index contributed by atoms with van der Waals surface area (Å²) in [6, 6.07) is 10.4. The van der Waals surface area contributed by atoms with Crippen LogP contribution in [0, 0.1) is 0 Å². The topological polar surface area (TPSA) is 49.4 Å². The molecule has 1 N–H and O–H groups in total. The van der Waals surface area contributed by atoms with E-state index >= 15 is 0 Å². The molecule has 2 aliphatic rings. The average molecular weight is 300 g/mol. The highest BCUT2D eigenvalue weighted by Crippen LogP contribution is 2.36. The molecule has 3 atom stereocenters. The Morgan fingerprint density at radius 3 is 2.36 bits per heavy atom. The molecule has 0 radical (unpaired) electrons. The van der Waals surface area contributed by atoms with E-state index in [1.165, 1.54) is 13.3 Å². The van der Waals surface area contributed by atoms with Crippen LogP contribution in [0.3, 0.4) is 0 Å². The van der Waals surface area contributed by atoms with Gasteiger partial charge < -0.3 is 10.2 Å². The number of hydrogen-bond donors (Lipinski definition) is 1. The molecule has 1 aromatic rings. The first kappa shape index (κ1) is 15.1. The van der Waals surface area contributed by atoms with E-state index in [1.807, 2.05) is 30.3 Å². The lowest BCUT2D eigenvalue weighted by Gasteiger charge is -2.36. The van der Waals surface area contributed by atoms with Gasteiger partial charge in [0.05, 0.1) is 12.5 Å². The number of fused-ring (bicyclic) bond motifs is 2. The zero-order valence-electron chi connectivity index (χ0n) is 13.1. The van der Waals surface area contributed by atoms with Crippen LogP contribution in [-0.2, 0) is 9.59 Å². The molecule has 3 rings (SSSR count). The Balaban J connectivity index is 1.73.